The van der Waals surface area contributed by atoms with Crippen LogP contribution in [-0.2, 0) is 4.74 Å². The SMILES string of the molecule is Cc1cccc([C@@H](CO)N2CCOCC2)c1. The summed E-state index contributed by atoms with van der Waals surface area (Å²) in [5.41, 5.74) is 2.44. The summed E-state index contributed by atoms with van der Waals surface area (Å²) in [4.78, 5) is 2.29. The number of aryl methyl sites for hydroxylation is 1. The third kappa shape index (κ3) is 2.61. The predicted octanol–water partition coefficient (Wildman–Crippen LogP) is 1.36. The molecule has 1 aromatic carbocycles. The van der Waals surface area contributed by atoms with Crippen LogP contribution in [0.1, 0.15) is 17.2 Å². The van der Waals surface area contributed by atoms with E-state index in [-0.39, 0.29) is 12.6 Å². The van der Waals surface area contributed by atoms with Crippen molar-refractivity contribution < 1.29 is 9.84 Å². The van der Waals surface area contributed by atoms with Gasteiger partial charge in [0.2, 0.25) is 0 Å². The van der Waals surface area contributed by atoms with Gasteiger partial charge in [-0.1, -0.05) is 29.8 Å². The predicted molar refractivity (Wildman–Crippen MR) is 63.4 cm³/mol. The molecule has 0 saturated carbocycles. The van der Waals surface area contributed by atoms with E-state index >= 15 is 0 Å². The van der Waals surface area contributed by atoms with Gasteiger partial charge in [0.15, 0.2) is 0 Å². The van der Waals surface area contributed by atoms with Gasteiger partial charge >= 0.3 is 0 Å². The van der Waals surface area contributed by atoms with Gasteiger partial charge in [0.25, 0.3) is 0 Å². The van der Waals surface area contributed by atoms with Gasteiger partial charge in [-0.2, -0.15) is 0 Å². The average Bonchev–Trinajstić information content (AvgIpc) is 2.31. The topological polar surface area (TPSA) is 32.7 Å². The van der Waals surface area contributed by atoms with Gasteiger partial charge in [-0.25, -0.2) is 0 Å². The van der Waals surface area contributed by atoms with Gasteiger partial charge in [0.05, 0.1) is 25.9 Å². The van der Waals surface area contributed by atoms with Crippen LogP contribution in [0.4, 0.5) is 0 Å². The molecule has 16 heavy (non-hydrogen) atoms. The molecule has 1 aliphatic rings. The summed E-state index contributed by atoms with van der Waals surface area (Å²) in [7, 11) is 0. The zero-order valence-corrected chi connectivity index (χ0v) is 9.72. The van der Waals surface area contributed by atoms with E-state index in [1.807, 2.05) is 6.07 Å². The first-order valence-corrected chi connectivity index (χ1v) is 5.80. The Hall–Kier alpha value is -0.900. The molecule has 0 radical (unpaired) electrons. The normalized spacial score (nSPS) is 19.6. The molecule has 1 saturated heterocycles. The lowest BCUT2D eigenvalue weighted by molar-refractivity contribution is 0.00258. The van der Waals surface area contributed by atoms with E-state index in [0.717, 1.165) is 26.3 Å². The maximum atomic E-state index is 9.54. The summed E-state index contributed by atoms with van der Waals surface area (Å²) >= 11 is 0. The first kappa shape index (κ1) is 11.6. The fraction of sp³-hybridized carbons (Fsp3) is 0.538. The second kappa shape index (κ2) is 5.43. The molecule has 1 atom stereocenters. The summed E-state index contributed by atoms with van der Waals surface area (Å²) in [6.07, 6.45) is 0. The van der Waals surface area contributed by atoms with Gasteiger partial charge in [0.1, 0.15) is 0 Å². The molecule has 0 amide bonds. The Balaban J connectivity index is 2.14. The first-order valence-electron chi connectivity index (χ1n) is 5.80. The van der Waals surface area contributed by atoms with Crippen molar-refractivity contribution in [2.45, 2.75) is 13.0 Å². The molecule has 1 N–H and O–H groups in total. The Labute approximate surface area is 96.6 Å². The summed E-state index contributed by atoms with van der Waals surface area (Å²) in [6, 6.07) is 8.48. The highest BCUT2D eigenvalue weighted by Crippen LogP contribution is 2.21. The molecule has 0 aromatic heterocycles. The molecule has 88 valence electrons. The van der Waals surface area contributed by atoms with Gasteiger partial charge < -0.3 is 9.84 Å². The average molecular weight is 221 g/mol. The number of nitrogens with zero attached hydrogens (tertiary/aromatic N) is 1. The van der Waals surface area contributed by atoms with Crippen molar-refractivity contribution in [3.63, 3.8) is 0 Å². The molecule has 3 nitrogen and oxygen atoms in total. The molecule has 1 heterocycles. The summed E-state index contributed by atoms with van der Waals surface area (Å²) in [5, 5.41) is 9.54. The van der Waals surface area contributed by atoms with E-state index in [0.29, 0.717) is 0 Å². The third-order valence-corrected chi connectivity index (χ3v) is 3.09. The van der Waals surface area contributed by atoms with Gasteiger partial charge in [-0.15, -0.1) is 0 Å². The lowest BCUT2D eigenvalue weighted by Crippen LogP contribution is -2.40. The van der Waals surface area contributed by atoms with E-state index in [1.54, 1.807) is 0 Å². The Kier molecular flexibility index (Phi) is 3.93. The molecular weight excluding hydrogens is 202 g/mol. The Morgan fingerprint density at radius 1 is 1.38 bits per heavy atom. The van der Waals surface area contributed by atoms with Crippen LogP contribution in [0.5, 0.6) is 0 Å². The van der Waals surface area contributed by atoms with Crippen LogP contribution < -0.4 is 0 Å². The second-order valence-corrected chi connectivity index (χ2v) is 4.26. The first-order chi connectivity index (χ1) is 7.81. The number of aliphatic hydroxyl groups is 1. The summed E-state index contributed by atoms with van der Waals surface area (Å²) in [6.45, 7) is 5.59. The molecule has 1 aliphatic heterocycles. The number of hydrogen-bond acceptors (Lipinski definition) is 3. The molecule has 3 heteroatoms. The van der Waals surface area contributed by atoms with Crippen LogP contribution in [-0.4, -0.2) is 42.9 Å². The smallest absolute Gasteiger partial charge is 0.0628 e. The lowest BCUT2D eigenvalue weighted by atomic mass is 10.0. The summed E-state index contributed by atoms with van der Waals surface area (Å²) in [5.74, 6) is 0. The fourth-order valence-corrected chi connectivity index (χ4v) is 2.20. The lowest BCUT2D eigenvalue weighted by Gasteiger charge is -2.33. The van der Waals surface area contributed by atoms with E-state index in [4.69, 9.17) is 4.74 Å². The van der Waals surface area contributed by atoms with E-state index in [9.17, 15) is 5.11 Å². The van der Waals surface area contributed by atoms with Crippen LogP contribution in [0.2, 0.25) is 0 Å². The van der Waals surface area contributed by atoms with Crippen LogP contribution >= 0.6 is 0 Å². The van der Waals surface area contributed by atoms with Crippen molar-refractivity contribution in [3.05, 3.63) is 35.4 Å². The minimum Gasteiger partial charge on any atom is -0.394 e. The molecule has 1 aromatic rings. The zero-order valence-electron chi connectivity index (χ0n) is 9.72. The van der Waals surface area contributed by atoms with Crippen LogP contribution in [0.15, 0.2) is 24.3 Å². The molecule has 0 unspecified atom stereocenters. The van der Waals surface area contributed by atoms with Crippen molar-refractivity contribution in [2.75, 3.05) is 32.9 Å². The highest BCUT2D eigenvalue weighted by atomic mass is 16.5. The van der Waals surface area contributed by atoms with Gasteiger partial charge in [-0.05, 0) is 12.5 Å². The maximum absolute atomic E-state index is 9.54. The van der Waals surface area contributed by atoms with E-state index < -0.39 is 0 Å². The van der Waals surface area contributed by atoms with Crippen molar-refractivity contribution in [1.29, 1.82) is 0 Å². The van der Waals surface area contributed by atoms with Gasteiger partial charge in [-0.3, -0.25) is 4.90 Å². The standard InChI is InChI=1S/C13H19NO2/c1-11-3-2-4-12(9-11)13(10-15)14-5-7-16-8-6-14/h2-4,9,13,15H,5-8,10H2,1H3/t13-/m1/s1. The number of morpholine rings is 1. The van der Waals surface area contributed by atoms with Gasteiger partial charge in [0, 0.05) is 13.1 Å². The number of hydrogen-bond donors (Lipinski definition) is 1. The summed E-state index contributed by atoms with van der Waals surface area (Å²) < 4.78 is 5.33. The molecule has 0 aliphatic carbocycles. The third-order valence-electron chi connectivity index (χ3n) is 3.09. The van der Waals surface area contributed by atoms with Crippen molar-refractivity contribution in [1.82, 2.24) is 4.90 Å². The monoisotopic (exact) mass is 221 g/mol. The molecule has 0 spiro atoms. The Morgan fingerprint density at radius 2 is 2.12 bits per heavy atom. The van der Waals surface area contributed by atoms with Crippen molar-refractivity contribution >= 4 is 0 Å². The van der Waals surface area contributed by atoms with Crippen molar-refractivity contribution in [3.8, 4) is 0 Å². The van der Waals surface area contributed by atoms with Crippen LogP contribution in [0.25, 0.3) is 0 Å². The highest BCUT2D eigenvalue weighted by molar-refractivity contribution is 5.25. The quantitative estimate of drug-likeness (QED) is 0.836. The van der Waals surface area contributed by atoms with E-state index in [1.165, 1.54) is 11.1 Å². The number of aliphatic hydroxyl groups excluding tert-OH is 1. The van der Waals surface area contributed by atoms with Crippen LogP contribution in [0.3, 0.4) is 0 Å². The van der Waals surface area contributed by atoms with E-state index in [2.05, 4.69) is 30.0 Å². The fourth-order valence-electron chi connectivity index (χ4n) is 2.20. The van der Waals surface area contributed by atoms with Crippen molar-refractivity contribution in [2.24, 2.45) is 0 Å². The number of benzene rings is 1. The largest absolute Gasteiger partial charge is 0.394 e. The second-order valence-electron chi connectivity index (χ2n) is 4.26. The minimum atomic E-state index is 0.115. The highest BCUT2D eigenvalue weighted by Gasteiger charge is 2.21. The molecular formula is C13H19NO2. The maximum Gasteiger partial charge on any atom is 0.0628 e. The van der Waals surface area contributed by atoms with Crippen LogP contribution in [0, 0.1) is 6.92 Å². The number of ether oxygens (including phenoxy) is 1. The molecule has 2 rings (SSSR count). The zero-order chi connectivity index (χ0) is 11.4. The minimum absolute atomic E-state index is 0.115. The Morgan fingerprint density at radius 3 is 2.75 bits per heavy atom. The molecule has 1 fully saturated rings. The number of rotatable bonds is 3. The Bertz CT molecular complexity index is 334. The molecule has 0 bridgehead atoms.